The number of hydrogen-bond acceptors (Lipinski definition) is 8. The van der Waals surface area contributed by atoms with Crippen molar-refractivity contribution in [1.29, 1.82) is 0 Å². The Morgan fingerprint density at radius 3 is 2.36 bits per heavy atom. The molecule has 0 fully saturated rings. The van der Waals surface area contributed by atoms with Crippen LogP contribution in [0.2, 0.25) is 0 Å². The number of anilines is 1. The second-order valence-electron chi connectivity index (χ2n) is 8.80. The Bertz CT molecular complexity index is 1280. The number of hydrogen-bond donors (Lipinski definition) is 0. The summed E-state index contributed by atoms with van der Waals surface area (Å²) in [4.78, 5) is 22.1. The molecule has 2 aromatic carbocycles. The number of sulfonamides is 1. The molecule has 0 aliphatic carbocycles. The molecule has 0 saturated heterocycles. The third kappa shape index (κ3) is 5.49. The van der Waals surface area contributed by atoms with Gasteiger partial charge in [0.25, 0.3) is 5.91 Å². The van der Waals surface area contributed by atoms with Gasteiger partial charge in [0.2, 0.25) is 16.8 Å². The third-order valence-electron chi connectivity index (χ3n) is 5.97. The van der Waals surface area contributed by atoms with E-state index in [1.807, 2.05) is 45.0 Å². The van der Waals surface area contributed by atoms with E-state index in [0.29, 0.717) is 48.4 Å². The van der Waals surface area contributed by atoms with E-state index in [9.17, 15) is 13.2 Å². The van der Waals surface area contributed by atoms with Gasteiger partial charge in [-0.3, -0.25) is 9.69 Å². The lowest BCUT2D eigenvalue weighted by atomic mass is 10.2. The molecule has 1 aliphatic rings. The minimum Gasteiger partial charge on any atom is -0.454 e. The quantitative estimate of drug-likeness (QED) is 0.368. The SMILES string of the molecule is CCCCN(CC)S(=O)(=O)c1ccc(C(=O)N(CCN(C)C)c2nc3cc4c(cc3s2)OCO4)cc1. The first-order chi connectivity index (χ1) is 17.2. The van der Waals surface area contributed by atoms with Gasteiger partial charge in [-0.1, -0.05) is 31.6 Å². The number of likely N-dealkylation sites (N-methyl/N-ethyl adjacent to an activating group) is 1. The first-order valence-corrected chi connectivity index (χ1v) is 14.3. The summed E-state index contributed by atoms with van der Waals surface area (Å²) in [5.41, 5.74) is 1.13. The molecular formula is C25H32N4O5S2. The maximum Gasteiger partial charge on any atom is 0.260 e. The number of rotatable bonds is 11. The Morgan fingerprint density at radius 1 is 1.03 bits per heavy atom. The Kier molecular flexibility index (Phi) is 8.13. The summed E-state index contributed by atoms with van der Waals surface area (Å²) in [7, 11) is 0.270. The molecule has 2 heterocycles. The molecule has 9 nitrogen and oxygen atoms in total. The summed E-state index contributed by atoms with van der Waals surface area (Å²) < 4.78 is 39.4. The number of unbranched alkanes of at least 4 members (excludes halogenated alkanes) is 1. The predicted molar refractivity (Wildman–Crippen MR) is 142 cm³/mol. The smallest absolute Gasteiger partial charge is 0.260 e. The topological polar surface area (TPSA) is 92.3 Å². The van der Waals surface area contributed by atoms with Gasteiger partial charge in [-0.05, 0) is 44.8 Å². The van der Waals surface area contributed by atoms with Gasteiger partial charge in [0.05, 0.1) is 15.1 Å². The fourth-order valence-electron chi connectivity index (χ4n) is 3.86. The molecule has 1 aliphatic heterocycles. The second-order valence-corrected chi connectivity index (χ2v) is 11.8. The van der Waals surface area contributed by atoms with E-state index in [4.69, 9.17) is 14.5 Å². The van der Waals surface area contributed by atoms with E-state index < -0.39 is 10.0 Å². The summed E-state index contributed by atoms with van der Waals surface area (Å²) in [6, 6.07) is 9.89. The average molecular weight is 533 g/mol. The van der Waals surface area contributed by atoms with Crippen molar-refractivity contribution in [3.63, 3.8) is 0 Å². The van der Waals surface area contributed by atoms with Crippen LogP contribution in [0.4, 0.5) is 5.13 Å². The van der Waals surface area contributed by atoms with Gasteiger partial charge in [-0.15, -0.1) is 0 Å². The summed E-state index contributed by atoms with van der Waals surface area (Å²) in [5, 5.41) is 0.564. The van der Waals surface area contributed by atoms with Crippen molar-refractivity contribution < 1.29 is 22.7 Å². The normalized spacial score (nSPS) is 13.2. The molecule has 4 rings (SSSR count). The largest absolute Gasteiger partial charge is 0.454 e. The van der Waals surface area contributed by atoms with E-state index in [2.05, 4.69) is 0 Å². The fraction of sp³-hybridized carbons (Fsp3) is 0.440. The van der Waals surface area contributed by atoms with Crippen molar-refractivity contribution in [2.45, 2.75) is 31.6 Å². The van der Waals surface area contributed by atoms with Crippen LogP contribution in [0, 0.1) is 0 Å². The highest BCUT2D eigenvalue weighted by molar-refractivity contribution is 7.89. The Labute approximate surface area is 216 Å². The Hall–Kier alpha value is -2.73. The van der Waals surface area contributed by atoms with Crippen LogP contribution >= 0.6 is 11.3 Å². The zero-order valence-electron chi connectivity index (χ0n) is 21.1. The minimum absolute atomic E-state index is 0.186. The van der Waals surface area contributed by atoms with Gasteiger partial charge in [0, 0.05) is 43.9 Å². The van der Waals surface area contributed by atoms with Crippen molar-refractivity contribution in [3.8, 4) is 11.5 Å². The van der Waals surface area contributed by atoms with E-state index >= 15 is 0 Å². The van der Waals surface area contributed by atoms with Crippen molar-refractivity contribution >= 4 is 42.6 Å². The number of carbonyl (C=O) groups excluding carboxylic acids is 1. The van der Waals surface area contributed by atoms with Gasteiger partial charge >= 0.3 is 0 Å². The number of benzene rings is 2. The van der Waals surface area contributed by atoms with Crippen LogP contribution in [-0.2, 0) is 10.0 Å². The van der Waals surface area contributed by atoms with Gasteiger partial charge in [0.15, 0.2) is 16.6 Å². The van der Waals surface area contributed by atoms with Crippen LogP contribution in [0.25, 0.3) is 10.2 Å². The van der Waals surface area contributed by atoms with Crippen molar-refractivity contribution in [1.82, 2.24) is 14.2 Å². The third-order valence-corrected chi connectivity index (χ3v) is 9.00. The van der Waals surface area contributed by atoms with E-state index in [0.717, 1.165) is 23.1 Å². The molecule has 0 atom stereocenters. The van der Waals surface area contributed by atoms with Crippen molar-refractivity contribution in [2.24, 2.45) is 0 Å². The molecule has 0 bridgehead atoms. The first-order valence-electron chi connectivity index (χ1n) is 12.0. The number of aromatic nitrogens is 1. The number of ether oxygens (including phenoxy) is 2. The summed E-state index contributed by atoms with van der Waals surface area (Å²) >= 11 is 1.41. The van der Waals surface area contributed by atoms with E-state index in [1.54, 1.807) is 17.0 Å². The van der Waals surface area contributed by atoms with Crippen LogP contribution in [0.15, 0.2) is 41.3 Å². The molecule has 36 heavy (non-hydrogen) atoms. The fourth-order valence-corrected chi connectivity index (χ4v) is 6.35. The zero-order valence-corrected chi connectivity index (χ0v) is 22.7. The molecule has 0 saturated carbocycles. The summed E-state index contributed by atoms with van der Waals surface area (Å²) in [6.07, 6.45) is 1.71. The molecule has 0 spiro atoms. The van der Waals surface area contributed by atoms with Crippen LogP contribution < -0.4 is 14.4 Å². The highest BCUT2D eigenvalue weighted by Crippen LogP contribution is 2.40. The van der Waals surface area contributed by atoms with Gasteiger partial charge in [-0.25, -0.2) is 13.4 Å². The Morgan fingerprint density at radius 2 is 1.72 bits per heavy atom. The molecular weight excluding hydrogens is 500 g/mol. The number of fused-ring (bicyclic) bond motifs is 2. The molecule has 0 radical (unpaired) electrons. The molecule has 0 N–H and O–H groups in total. The monoisotopic (exact) mass is 532 g/mol. The lowest BCUT2D eigenvalue weighted by Crippen LogP contribution is -2.36. The van der Waals surface area contributed by atoms with E-state index in [-0.39, 0.29) is 17.6 Å². The zero-order chi connectivity index (χ0) is 25.9. The molecule has 1 aromatic heterocycles. The molecule has 11 heteroatoms. The van der Waals surface area contributed by atoms with Crippen LogP contribution in [0.3, 0.4) is 0 Å². The number of carbonyl (C=O) groups is 1. The first kappa shape index (κ1) is 26.3. The minimum atomic E-state index is -3.61. The van der Waals surface area contributed by atoms with Gasteiger partial charge < -0.3 is 14.4 Å². The second kappa shape index (κ2) is 11.1. The molecule has 194 valence electrons. The van der Waals surface area contributed by atoms with Gasteiger partial charge in [-0.2, -0.15) is 4.31 Å². The van der Waals surface area contributed by atoms with Crippen molar-refractivity contribution in [2.75, 3.05) is 52.0 Å². The average Bonchev–Trinajstić information content (AvgIpc) is 3.48. The number of thiazole rings is 1. The van der Waals surface area contributed by atoms with Crippen LogP contribution in [0.1, 0.15) is 37.0 Å². The molecule has 1 amide bonds. The standard InChI is InChI=1S/C25H32N4O5S2/c1-5-7-12-28(6-2)36(31,32)19-10-8-18(9-11-19)24(30)29(14-13-27(3)4)25-26-20-15-21-22(34-17-33-21)16-23(20)35-25/h8-11,15-16H,5-7,12-14,17H2,1-4H3. The maximum atomic E-state index is 13.6. The lowest BCUT2D eigenvalue weighted by Gasteiger charge is -2.23. The number of amides is 1. The van der Waals surface area contributed by atoms with Crippen LogP contribution in [0.5, 0.6) is 11.5 Å². The predicted octanol–water partition coefficient (Wildman–Crippen LogP) is 4.04. The number of nitrogens with zero attached hydrogens (tertiary/aromatic N) is 4. The summed E-state index contributed by atoms with van der Waals surface area (Å²) in [5.74, 6) is 1.07. The molecule has 0 unspecified atom stereocenters. The highest BCUT2D eigenvalue weighted by Gasteiger charge is 2.26. The summed E-state index contributed by atoms with van der Waals surface area (Å²) in [6.45, 7) is 6.00. The van der Waals surface area contributed by atoms with E-state index in [1.165, 1.54) is 27.8 Å². The lowest BCUT2D eigenvalue weighted by molar-refractivity contribution is 0.0985. The maximum absolute atomic E-state index is 13.6. The molecule has 3 aromatic rings. The van der Waals surface area contributed by atoms with Gasteiger partial charge in [0.1, 0.15) is 0 Å². The van der Waals surface area contributed by atoms with Crippen molar-refractivity contribution in [3.05, 3.63) is 42.0 Å². The highest BCUT2D eigenvalue weighted by atomic mass is 32.2. The Balaban J connectivity index is 1.61. The van der Waals surface area contributed by atoms with Crippen LogP contribution in [-0.4, -0.2) is 75.6 Å².